The van der Waals surface area contributed by atoms with Crippen LogP contribution in [-0.2, 0) is 9.53 Å². The molecule has 1 amide bonds. The number of hydrogen-bond donors (Lipinski definition) is 3. The smallest absolute Gasteiger partial charge is 0.238 e. The first-order chi connectivity index (χ1) is 9.58. The van der Waals surface area contributed by atoms with E-state index in [-0.39, 0.29) is 25.2 Å². The molecule has 2 rings (SSSR count). The zero-order valence-corrected chi connectivity index (χ0v) is 11.8. The fourth-order valence-corrected chi connectivity index (χ4v) is 2.18. The van der Waals surface area contributed by atoms with Crippen LogP contribution in [0.4, 0.5) is 11.4 Å². The number of aliphatic hydroxyl groups is 1. The van der Waals surface area contributed by atoms with Gasteiger partial charge in [0.25, 0.3) is 0 Å². The van der Waals surface area contributed by atoms with E-state index in [1.54, 1.807) is 18.2 Å². The molecule has 1 fully saturated rings. The first-order valence-corrected chi connectivity index (χ1v) is 6.76. The molecule has 20 heavy (non-hydrogen) atoms. The van der Waals surface area contributed by atoms with Crippen molar-refractivity contribution in [2.75, 3.05) is 43.9 Å². The van der Waals surface area contributed by atoms with Crippen molar-refractivity contribution in [2.45, 2.75) is 6.10 Å². The van der Waals surface area contributed by atoms with Gasteiger partial charge in [0, 0.05) is 18.8 Å². The number of anilines is 2. The number of halogens is 1. The summed E-state index contributed by atoms with van der Waals surface area (Å²) in [7, 11) is 0. The Hall–Kier alpha value is -1.34. The maximum Gasteiger partial charge on any atom is 0.238 e. The fourth-order valence-electron chi connectivity index (χ4n) is 2.06. The number of carbonyl (C=O) groups excluding carboxylic acids is 1. The third-order valence-corrected chi connectivity index (χ3v) is 3.42. The second kappa shape index (κ2) is 6.90. The van der Waals surface area contributed by atoms with Crippen LogP contribution in [0.2, 0.25) is 5.02 Å². The van der Waals surface area contributed by atoms with Crippen molar-refractivity contribution in [3.63, 3.8) is 0 Å². The van der Waals surface area contributed by atoms with E-state index in [0.29, 0.717) is 36.1 Å². The molecule has 0 radical (unpaired) electrons. The first kappa shape index (κ1) is 15.1. The number of nitrogens with two attached hydrogens (primary N) is 1. The molecule has 1 saturated heterocycles. The highest BCUT2D eigenvalue weighted by Crippen LogP contribution is 2.22. The summed E-state index contributed by atoms with van der Waals surface area (Å²) >= 11 is 5.82. The number of hydrogen-bond acceptors (Lipinski definition) is 5. The van der Waals surface area contributed by atoms with E-state index in [9.17, 15) is 4.79 Å². The molecule has 1 atom stereocenters. The SMILES string of the molecule is Nc1cc(NC(=O)CN2CCOC(CO)C2)ccc1Cl. The Labute approximate surface area is 122 Å². The molecule has 6 nitrogen and oxygen atoms in total. The quantitative estimate of drug-likeness (QED) is 0.707. The molecule has 7 heteroatoms. The van der Waals surface area contributed by atoms with Crippen molar-refractivity contribution in [1.82, 2.24) is 4.90 Å². The molecular weight excluding hydrogens is 282 g/mol. The number of morpholine rings is 1. The van der Waals surface area contributed by atoms with Crippen molar-refractivity contribution in [2.24, 2.45) is 0 Å². The molecule has 1 aliphatic heterocycles. The minimum absolute atomic E-state index is 0.0359. The second-order valence-electron chi connectivity index (χ2n) is 4.69. The lowest BCUT2D eigenvalue weighted by molar-refractivity contribution is -0.120. The summed E-state index contributed by atoms with van der Waals surface area (Å²) in [5.41, 5.74) is 6.72. The van der Waals surface area contributed by atoms with Crippen LogP contribution in [0.15, 0.2) is 18.2 Å². The molecule has 1 heterocycles. The number of amides is 1. The van der Waals surface area contributed by atoms with Crippen molar-refractivity contribution in [3.8, 4) is 0 Å². The lowest BCUT2D eigenvalue weighted by Crippen LogP contribution is -2.46. The highest BCUT2D eigenvalue weighted by molar-refractivity contribution is 6.33. The summed E-state index contributed by atoms with van der Waals surface area (Å²) in [6.07, 6.45) is -0.220. The van der Waals surface area contributed by atoms with Gasteiger partial charge in [-0.1, -0.05) is 11.6 Å². The van der Waals surface area contributed by atoms with Crippen LogP contribution in [0.1, 0.15) is 0 Å². The van der Waals surface area contributed by atoms with Gasteiger partial charge < -0.3 is 20.9 Å². The van der Waals surface area contributed by atoms with Gasteiger partial charge in [-0.25, -0.2) is 0 Å². The zero-order valence-electron chi connectivity index (χ0n) is 11.0. The maximum absolute atomic E-state index is 11.9. The Morgan fingerprint density at radius 1 is 1.60 bits per heavy atom. The fraction of sp³-hybridized carbons (Fsp3) is 0.462. The normalized spacial score (nSPS) is 19.8. The molecule has 0 saturated carbocycles. The van der Waals surface area contributed by atoms with Gasteiger partial charge in [0.05, 0.1) is 36.6 Å². The van der Waals surface area contributed by atoms with Gasteiger partial charge in [0.1, 0.15) is 0 Å². The van der Waals surface area contributed by atoms with E-state index in [0.717, 1.165) is 0 Å². The molecule has 0 bridgehead atoms. The van der Waals surface area contributed by atoms with E-state index in [4.69, 9.17) is 27.2 Å². The largest absolute Gasteiger partial charge is 0.397 e. The van der Waals surface area contributed by atoms with Gasteiger partial charge in [-0.2, -0.15) is 0 Å². The Morgan fingerprint density at radius 2 is 2.40 bits per heavy atom. The average Bonchev–Trinajstić information content (AvgIpc) is 2.43. The molecule has 1 aromatic rings. The molecule has 110 valence electrons. The minimum Gasteiger partial charge on any atom is -0.397 e. The van der Waals surface area contributed by atoms with Crippen LogP contribution in [0.3, 0.4) is 0 Å². The van der Waals surface area contributed by atoms with Crippen LogP contribution >= 0.6 is 11.6 Å². The molecule has 1 aromatic carbocycles. The lowest BCUT2D eigenvalue weighted by Gasteiger charge is -2.31. The van der Waals surface area contributed by atoms with Crippen LogP contribution in [-0.4, -0.2) is 54.9 Å². The first-order valence-electron chi connectivity index (χ1n) is 6.38. The van der Waals surface area contributed by atoms with Gasteiger partial charge in [-0.15, -0.1) is 0 Å². The van der Waals surface area contributed by atoms with Gasteiger partial charge in [-0.3, -0.25) is 9.69 Å². The number of nitrogen functional groups attached to an aromatic ring is 1. The number of nitrogens with one attached hydrogen (secondary N) is 1. The summed E-state index contributed by atoms with van der Waals surface area (Å²) in [4.78, 5) is 13.9. The van der Waals surface area contributed by atoms with Crippen molar-refractivity contribution < 1.29 is 14.6 Å². The number of aliphatic hydroxyl groups excluding tert-OH is 1. The summed E-state index contributed by atoms with van der Waals surface area (Å²) < 4.78 is 5.33. The topological polar surface area (TPSA) is 87.8 Å². The highest BCUT2D eigenvalue weighted by Gasteiger charge is 2.21. The molecule has 1 unspecified atom stereocenters. The van der Waals surface area contributed by atoms with Crippen LogP contribution in [0, 0.1) is 0 Å². The third kappa shape index (κ3) is 4.08. The Morgan fingerprint density at radius 3 is 3.10 bits per heavy atom. The summed E-state index contributed by atoms with van der Waals surface area (Å²) in [6.45, 7) is 1.96. The van der Waals surface area contributed by atoms with E-state index < -0.39 is 0 Å². The molecule has 0 aromatic heterocycles. The molecule has 0 spiro atoms. The second-order valence-corrected chi connectivity index (χ2v) is 5.10. The lowest BCUT2D eigenvalue weighted by atomic mass is 10.2. The van der Waals surface area contributed by atoms with E-state index >= 15 is 0 Å². The van der Waals surface area contributed by atoms with Crippen molar-refractivity contribution in [1.29, 1.82) is 0 Å². The Bertz CT molecular complexity index is 484. The predicted octanol–water partition coefficient (Wildman–Crippen LogP) is 0.554. The number of rotatable bonds is 4. The zero-order chi connectivity index (χ0) is 14.5. The van der Waals surface area contributed by atoms with Crippen LogP contribution in [0.5, 0.6) is 0 Å². The van der Waals surface area contributed by atoms with Crippen LogP contribution < -0.4 is 11.1 Å². The van der Waals surface area contributed by atoms with Gasteiger partial charge in [-0.05, 0) is 18.2 Å². The van der Waals surface area contributed by atoms with Crippen molar-refractivity contribution >= 4 is 28.9 Å². The van der Waals surface area contributed by atoms with E-state index in [1.165, 1.54) is 0 Å². The van der Waals surface area contributed by atoms with Crippen molar-refractivity contribution in [3.05, 3.63) is 23.2 Å². The van der Waals surface area contributed by atoms with Gasteiger partial charge >= 0.3 is 0 Å². The monoisotopic (exact) mass is 299 g/mol. The van der Waals surface area contributed by atoms with Gasteiger partial charge in [0.2, 0.25) is 5.91 Å². The Kier molecular flexibility index (Phi) is 5.19. The number of carbonyl (C=O) groups is 1. The summed E-state index contributed by atoms with van der Waals surface area (Å²) in [5, 5.41) is 12.3. The third-order valence-electron chi connectivity index (χ3n) is 3.07. The number of ether oxygens (including phenoxy) is 1. The predicted molar refractivity (Wildman–Crippen MR) is 77.8 cm³/mol. The standard InChI is InChI=1S/C13H18ClN3O3/c14-11-2-1-9(5-12(11)15)16-13(19)7-17-3-4-20-10(6-17)8-18/h1-2,5,10,18H,3-4,6-8,15H2,(H,16,19). The number of nitrogens with zero attached hydrogens (tertiary/aromatic N) is 1. The minimum atomic E-state index is -0.220. The average molecular weight is 300 g/mol. The molecule has 1 aliphatic rings. The van der Waals surface area contributed by atoms with E-state index in [1.807, 2.05) is 4.90 Å². The molecular formula is C13H18ClN3O3. The summed E-state index contributed by atoms with van der Waals surface area (Å²) in [5.74, 6) is -0.134. The van der Waals surface area contributed by atoms with Crippen LogP contribution in [0.25, 0.3) is 0 Å². The highest BCUT2D eigenvalue weighted by atomic mass is 35.5. The van der Waals surface area contributed by atoms with E-state index in [2.05, 4.69) is 5.32 Å². The molecule has 4 N–H and O–H groups in total. The summed E-state index contributed by atoms with van der Waals surface area (Å²) in [6, 6.07) is 4.96. The maximum atomic E-state index is 11.9. The Balaban J connectivity index is 1.87. The number of benzene rings is 1. The molecule has 0 aliphatic carbocycles. The van der Waals surface area contributed by atoms with Gasteiger partial charge in [0.15, 0.2) is 0 Å².